The van der Waals surface area contributed by atoms with Crippen molar-refractivity contribution >= 4 is 0 Å². The summed E-state index contributed by atoms with van der Waals surface area (Å²) in [5.74, 6) is 0. The maximum atomic E-state index is 5.43. The summed E-state index contributed by atoms with van der Waals surface area (Å²) >= 11 is 0. The molecule has 1 aliphatic heterocycles. The highest BCUT2D eigenvalue weighted by atomic mass is 16.5. The minimum Gasteiger partial charge on any atom is -0.380 e. The molecule has 0 aromatic rings. The highest BCUT2D eigenvalue weighted by molar-refractivity contribution is 4.80. The Morgan fingerprint density at radius 2 is 2.36 bits per heavy atom. The Kier molecular flexibility index (Phi) is 3.09. The van der Waals surface area contributed by atoms with Gasteiger partial charge in [-0.2, -0.15) is 0 Å². The zero-order valence-electron chi connectivity index (χ0n) is 7.14. The Labute approximate surface area is 68.2 Å². The topological polar surface area (TPSA) is 18.5 Å². The van der Waals surface area contributed by atoms with Crippen LogP contribution in [0.15, 0.2) is 12.7 Å². The summed E-state index contributed by atoms with van der Waals surface area (Å²) in [5, 5.41) is 0. The van der Waals surface area contributed by atoms with Crippen molar-refractivity contribution in [3.05, 3.63) is 12.7 Å². The molecule has 0 N–H and O–H groups in total. The SMILES string of the molecule is C=CCCOCC1(C)COC1. The van der Waals surface area contributed by atoms with Crippen LogP contribution in [0.25, 0.3) is 0 Å². The first-order valence-corrected chi connectivity index (χ1v) is 4.03. The Hall–Kier alpha value is -0.340. The van der Waals surface area contributed by atoms with Crippen LogP contribution in [0.2, 0.25) is 0 Å². The lowest BCUT2D eigenvalue weighted by atomic mass is 9.90. The molecule has 0 radical (unpaired) electrons. The number of ether oxygens (including phenoxy) is 2. The Balaban J connectivity index is 1.97. The van der Waals surface area contributed by atoms with E-state index in [4.69, 9.17) is 9.47 Å². The van der Waals surface area contributed by atoms with Gasteiger partial charge < -0.3 is 9.47 Å². The van der Waals surface area contributed by atoms with Crippen molar-refractivity contribution in [2.24, 2.45) is 5.41 Å². The number of hydrogen-bond donors (Lipinski definition) is 0. The molecule has 0 unspecified atom stereocenters. The van der Waals surface area contributed by atoms with Crippen LogP contribution in [-0.4, -0.2) is 26.4 Å². The second kappa shape index (κ2) is 3.88. The Bertz CT molecular complexity index is 128. The van der Waals surface area contributed by atoms with Gasteiger partial charge in [0.1, 0.15) is 0 Å². The van der Waals surface area contributed by atoms with Crippen molar-refractivity contribution < 1.29 is 9.47 Å². The summed E-state index contributed by atoms with van der Waals surface area (Å²) in [7, 11) is 0. The van der Waals surface area contributed by atoms with Gasteiger partial charge in [-0.15, -0.1) is 6.58 Å². The van der Waals surface area contributed by atoms with Crippen molar-refractivity contribution in [1.29, 1.82) is 0 Å². The van der Waals surface area contributed by atoms with E-state index in [2.05, 4.69) is 13.5 Å². The van der Waals surface area contributed by atoms with Gasteiger partial charge in [0.05, 0.1) is 26.4 Å². The van der Waals surface area contributed by atoms with Gasteiger partial charge in [0.15, 0.2) is 0 Å². The van der Waals surface area contributed by atoms with E-state index in [1.165, 1.54) is 0 Å². The molecule has 0 spiro atoms. The molecule has 0 amide bonds. The predicted molar refractivity (Wildman–Crippen MR) is 44.6 cm³/mol. The van der Waals surface area contributed by atoms with Gasteiger partial charge >= 0.3 is 0 Å². The van der Waals surface area contributed by atoms with Crippen LogP contribution in [-0.2, 0) is 9.47 Å². The molecule has 0 bridgehead atoms. The lowest BCUT2D eigenvalue weighted by Gasteiger charge is -2.37. The molecule has 64 valence electrons. The summed E-state index contributed by atoms with van der Waals surface area (Å²) in [6.07, 6.45) is 2.82. The molecular formula is C9H16O2. The van der Waals surface area contributed by atoms with Crippen molar-refractivity contribution in [2.75, 3.05) is 26.4 Å². The smallest absolute Gasteiger partial charge is 0.0564 e. The highest BCUT2D eigenvalue weighted by Gasteiger charge is 2.33. The fraction of sp³-hybridized carbons (Fsp3) is 0.778. The van der Waals surface area contributed by atoms with Crippen LogP contribution >= 0.6 is 0 Å². The van der Waals surface area contributed by atoms with E-state index in [0.717, 1.165) is 32.8 Å². The van der Waals surface area contributed by atoms with E-state index >= 15 is 0 Å². The lowest BCUT2D eigenvalue weighted by molar-refractivity contribution is -0.137. The standard InChI is InChI=1S/C9H16O2/c1-3-4-5-10-6-9(2)7-11-8-9/h3H,1,4-8H2,2H3. The van der Waals surface area contributed by atoms with Crippen LogP contribution in [0, 0.1) is 5.41 Å². The summed E-state index contributed by atoms with van der Waals surface area (Å²) in [6.45, 7) is 9.12. The van der Waals surface area contributed by atoms with Crippen molar-refractivity contribution in [2.45, 2.75) is 13.3 Å². The van der Waals surface area contributed by atoms with Crippen LogP contribution < -0.4 is 0 Å². The van der Waals surface area contributed by atoms with E-state index in [1.54, 1.807) is 0 Å². The van der Waals surface area contributed by atoms with E-state index in [-0.39, 0.29) is 0 Å². The van der Waals surface area contributed by atoms with Crippen molar-refractivity contribution in [3.8, 4) is 0 Å². The maximum Gasteiger partial charge on any atom is 0.0564 e. The minimum atomic E-state index is 0.293. The zero-order chi connectivity index (χ0) is 8.16. The predicted octanol–water partition coefficient (Wildman–Crippen LogP) is 1.62. The van der Waals surface area contributed by atoms with Crippen LogP contribution in [0.5, 0.6) is 0 Å². The molecule has 0 aliphatic carbocycles. The van der Waals surface area contributed by atoms with E-state index in [1.807, 2.05) is 6.08 Å². The van der Waals surface area contributed by atoms with Gasteiger partial charge in [0.2, 0.25) is 0 Å². The fourth-order valence-corrected chi connectivity index (χ4v) is 1.02. The molecule has 1 aliphatic rings. The summed E-state index contributed by atoms with van der Waals surface area (Å²) in [4.78, 5) is 0. The molecular weight excluding hydrogens is 140 g/mol. The molecule has 1 fully saturated rings. The zero-order valence-corrected chi connectivity index (χ0v) is 7.14. The molecule has 0 aromatic heterocycles. The van der Waals surface area contributed by atoms with Gasteiger partial charge in [0.25, 0.3) is 0 Å². The van der Waals surface area contributed by atoms with Gasteiger partial charge in [0, 0.05) is 5.41 Å². The fourth-order valence-electron chi connectivity index (χ4n) is 1.02. The summed E-state index contributed by atoms with van der Waals surface area (Å²) < 4.78 is 10.5. The maximum absolute atomic E-state index is 5.43. The first kappa shape index (κ1) is 8.75. The Morgan fingerprint density at radius 3 is 2.82 bits per heavy atom. The molecule has 0 aromatic carbocycles. The number of hydrogen-bond acceptors (Lipinski definition) is 2. The van der Waals surface area contributed by atoms with Crippen molar-refractivity contribution in [1.82, 2.24) is 0 Å². The van der Waals surface area contributed by atoms with Crippen molar-refractivity contribution in [3.63, 3.8) is 0 Å². The third-order valence-electron chi connectivity index (χ3n) is 1.82. The lowest BCUT2D eigenvalue weighted by Crippen LogP contribution is -2.43. The van der Waals surface area contributed by atoms with Gasteiger partial charge in [-0.1, -0.05) is 13.0 Å². The van der Waals surface area contributed by atoms with Crippen LogP contribution in [0.1, 0.15) is 13.3 Å². The second-order valence-electron chi connectivity index (χ2n) is 3.43. The summed E-state index contributed by atoms with van der Waals surface area (Å²) in [5.41, 5.74) is 0.293. The first-order chi connectivity index (χ1) is 5.27. The minimum absolute atomic E-state index is 0.293. The van der Waals surface area contributed by atoms with Crippen LogP contribution in [0.3, 0.4) is 0 Å². The Morgan fingerprint density at radius 1 is 1.64 bits per heavy atom. The quantitative estimate of drug-likeness (QED) is 0.445. The molecule has 1 heterocycles. The molecule has 2 heteroatoms. The molecule has 1 saturated heterocycles. The third kappa shape index (κ3) is 2.64. The molecule has 0 saturated carbocycles. The number of rotatable bonds is 5. The van der Waals surface area contributed by atoms with E-state index in [0.29, 0.717) is 5.41 Å². The largest absolute Gasteiger partial charge is 0.380 e. The molecule has 0 atom stereocenters. The normalized spacial score (nSPS) is 20.8. The van der Waals surface area contributed by atoms with Gasteiger partial charge in [-0.05, 0) is 6.42 Å². The average molecular weight is 156 g/mol. The summed E-state index contributed by atoms with van der Waals surface area (Å²) in [6, 6.07) is 0. The molecule has 2 nitrogen and oxygen atoms in total. The molecule has 11 heavy (non-hydrogen) atoms. The molecule has 1 rings (SSSR count). The first-order valence-electron chi connectivity index (χ1n) is 4.03. The second-order valence-corrected chi connectivity index (χ2v) is 3.43. The van der Waals surface area contributed by atoms with E-state index < -0.39 is 0 Å². The van der Waals surface area contributed by atoms with Gasteiger partial charge in [-0.3, -0.25) is 0 Å². The van der Waals surface area contributed by atoms with Crippen LogP contribution in [0.4, 0.5) is 0 Å². The van der Waals surface area contributed by atoms with E-state index in [9.17, 15) is 0 Å². The third-order valence-corrected chi connectivity index (χ3v) is 1.82. The highest BCUT2D eigenvalue weighted by Crippen LogP contribution is 2.26. The van der Waals surface area contributed by atoms with Gasteiger partial charge in [-0.25, -0.2) is 0 Å². The monoisotopic (exact) mass is 156 g/mol. The average Bonchev–Trinajstić information content (AvgIpc) is 1.95.